The van der Waals surface area contributed by atoms with Crippen LogP contribution in [0.1, 0.15) is 18.1 Å². The summed E-state index contributed by atoms with van der Waals surface area (Å²) in [6, 6.07) is 0.657. The maximum absolute atomic E-state index is 12.7. The van der Waals surface area contributed by atoms with Gasteiger partial charge >= 0.3 is 12.3 Å². The number of anilines is 1. The van der Waals surface area contributed by atoms with Crippen LogP contribution < -0.4 is 5.32 Å². The largest absolute Gasteiger partial charge is 0.453 e. The zero-order chi connectivity index (χ0) is 13.9. The van der Waals surface area contributed by atoms with Crippen LogP contribution in [-0.4, -0.2) is 23.9 Å². The van der Waals surface area contributed by atoms with Crippen LogP contribution in [0, 0.1) is 5.41 Å². The van der Waals surface area contributed by atoms with Gasteiger partial charge in [-0.05, 0) is 13.0 Å². The molecule has 1 amide bonds. The van der Waals surface area contributed by atoms with Crippen molar-refractivity contribution in [2.45, 2.75) is 13.1 Å². The van der Waals surface area contributed by atoms with Gasteiger partial charge in [0, 0.05) is 17.5 Å². The van der Waals surface area contributed by atoms with E-state index >= 15 is 0 Å². The van der Waals surface area contributed by atoms with E-state index in [2.05, 4.69) is 9.72 Å². The zero-order valence-corrected chi connectivity index (χ0v) is 9.55. The molecule has 1 rings (SSSR count). The molecule has 2 N–H and O–H groups in total. The summed E-state index contributed by atoms with van der Waals surface area (Å²) in [4.78, 5) is 14.5. The molecule has 1 aromatic rings. The summed E-state index contributed by atoms with van der Waals surface area (Å²) in [5, 5.41) is 9.28. The van der Waals surface area contributed by atoms with Gasteiger partial charge in [0.05, 0.1) is 12.7 Å². The summed E-state index contributed by atoms with van der Waals surface area (Å²) in [6.45, 7) is 1.22. The van der Waals surface area contributed by atoms with E-state index in [0.29, 0.717) is 6.07 Å². The summed E-state index contributed by atoms with van der Waals surface area (Å²) >= 11 is 0. The van der Waals surface area contributed by atoms with Crippen molar-refractivity contribution in [2.75, 3.05) is 12.4 Å². The fourth-order valence-electron chi connectivity index (χ4n) is 1.21. The topological polar surface area (TPSA) is 75.1 Å². The molecule has 1 aromatic heterocycles. The van der Waals surface area contributed by atoms with E-state index in [4.69, 9.17) is 5.41 Å². The van der Waals surface area contributed by atoms with Crippen LogP contribution in [0.4, 0.5) is 23.8 Å². The monoisotopic (exact) mass is 261 g/mol. The van der Waals surface area contributed by atoms with Gasteiger partial charge in [-0.15, -0.1) is 0 Å². The standard InChI is InChI=1S/C10H10F3N3O2/c1-5(14)6-4-15-8(16-9(17)18-2)3-7(6)10(11,12)13/h3-4,14H,1-2H3,(H,15,16,17). The Hall–Kier alpha value is -2.12. The molecule has 0 spiro atoms. The quantitative estimate of drug-likeness (QED) is 0.803. The molecule has 0 unspecified atom stereocenters. The maximum Gasteiger partial charge on any atom is 0.417 e. The van der Waals surface area contributed by atoms with Gasteiger partial charge in [0.1, 0.15) is 5.82 Å². The third kappa shape index (κ3) is 3.19. The van der Waals surface area contributed by atoms with Crippen molar-refractivity contribution < 1.29 is 22.7 Å². The molecule has 0 saturated carbocycles. The lowest BCUT2D eigenvalue weighted by Gasteiger charge is -2.13. The fourth-order valence-corrected chi connectivity index (χ4v) is 1.21. The molecule has 0 fully saturated rings. The van der Waals surface area contributed by atoms with Gasteiger partial charge in [-0.1, -0.05) is 0 Å². The van der Waals surface area contributed by atoms with E-state index in [0.717, 1.165) is 13.3 Å². The normalized spacial score (nSPS) is 10.9. The second-order valence-electron chi connectivity index (χ2n) is 3.35. The summed E-state index contributed by atoms with van der Waals surface area (Å²) in [5.74, 6) is -0.292. The van der Waals surface area contributed by atoms with E-state index in [9.17, 15) is 18.0 Å². The molecular formula is C10H10F3N3O2. The number of nitrogens with one attached hydrogen (secondary N) is 2. The van der Waals surface area contributed by atoms with Gasteiger partial charge in [0.2, 0.25) is 0 Å². The van der Waals surface area contributed by atoms with Crippen LogP contribution in [0.2, 0.25) is 0 Å². The van der Waals surface area contributed by atoms with E-state index in [1.165, 1.54) is 6.92 Å². The van der Waals surface area contributed by atoms with Crippen LogP contribution in [0.5, 0.6) is 0 Å². The molecule has 8 heteroatoms. The molecule has 98 valence electrons. The van der Waals surface area contributed by atoms with E-state index in [-0.39, 0.29) is 17.1 Å². The molecule has 1 heterocycles. The van der Waals surface area contributed by atoms with E-state index in [1.807, 2.05) is 5.32 Å². The Balaban J connectivity index is 3.22. The highest BCUT2D eigenvalue weighted by molar-refractivity contribution is 5.98. The molecule has 0 aliphatic heterocycles. The van der Waals surface area contributed by atoms with Crippen molar-refractivity contribution in [1.29, 1.82) is 5.41 Å². The second-order valence-corrected chi connectivity index (χ2v) is 3.35. The smallest absolute Gasteiger partial charge is 0.417 e. The average Bonchev–Trinajstić information content (AvgIpc) is 2.27. The second kappa shape index (κ2) is 5.03. The molecule has 0 aliphatic rings. The minimum atomic E-state index is -4.63. The van der Waals surface area contributed by atoms with Gasteiger partial charge in [0.15, 0.2) is 0 Å². The molecule has 0 aliphatic carbocycles. The third-order valence-electron chi connectivity index (χ3n) is 2.03. The SMILES string of the molecule is COC(=O)Nc1cc(C(F)(F)F)c(C(C)=N)cn1. The summed E-state index contributed by atoms with van der Waals surface area (Å²) < 4.78 is 42.5. The van der Waals surface area contributed by atoms with Crippen LogP contribution >= 0.6 is 0 Å². The van der Waals surface area contributed by atoms with E-state index < -0.39 is 17.8 Å². The number of hydrogen-bond donors (Lipinski definition) is 2. The first-order valence-corrected chi connectivity index (χ1v) is 4.73. The number of aromatic nitrogens is 1. The Morgan fingerprint density at radius 2 is 2.11 bits per heavy atom. The van der Waals surface area contributed by atoms with Gasteiger partial charge in [0.25, 0.3) is 0 Å². The minimum absolute atomic E-state index is 0.264. The highest BCUT2D eigenvalue weighted by Gasteiger charge is 2.34. The van der Waals surface area contributed by atoms with Gasteiger partial charge in [-0.25, -0.2) is 9.78 Å². The number of methoxy groups -OCH3 is 1. The van der Waals surface area contributed by atoms with Crippen LogP contribution in [0.15, 0.2) is 12.3 Å². The fraction of sp³-hybridized carbons (Fsp3) is 0.300. The van der Waals surface area contributed by atoms with Crippen molar-refractivity contribution in [2.24, 2.45) is 0 Å². The molecule has 5 nitrogen and oxygen atoms in total. The van der Waals surface area contributed by atoms with Gasteiger partial charge in [-0.2, -0.15) is 13.2 Å². The van der Waals surface area contributed by atoms with E-state index in [1.54, 1.807) is 0 Å². The van der Waals surface area contributed by atoms with Crippen molar-refractivity contribution >= 4 is 17.6 Å². The Labute approximate surface area is 100 Å². The molecule has 0 aromatic carbocycles. The Bertz CT molecular complexity index is 486. The lowest BCUT2D eigenvalue weighted by Crippen LogP contribution is -2.16. The number of pyridine rings is 1. The Kier molecular flexibility index (Phi) is 3.89. The molecule has 18 heavy (non-hydrogen) atoms. The Morgan fingerprint density at radius 1 is 1.50 bits per heavy atom. The number of rotatable bonds is 2. The van der Waals surface area contributed by atoms with Crippen molar-refractivity contribution in [3.63, 3.8) is 0 Å². The number of hydrogen-bond acceptors (Lipinski definition) is 4. The lowest BCUT2D eigenvalue weighted by atomic mass is 10.1. The summed E-state index contributed by atoms with van der Waals surface area (Å²) in [7, 11) is 1.08. The maximum atomic E-state index is 12.7. The van der Waals surface area contributed by atoms with Crippen LogP contribution in [0.25, 0.3) is 0 Å². The molecule has 0 radical (unpaired) electrons. The first-order valence-electron chi connectivity index (χ1n) is 4.73. The number of ether oxygens (including phenoxy) is 1. The van der Waals surface area contributed by atoms with Crippen LogP contribution in [0.3, 0.4) is 0 Å². The number of carbonyl (C=O) groups excluding carboxylic acids is 1. The summed E-state index contributed by atoms with van der Waals surface area (Å²) in [5.41, 5.74) is -1.63. The molecule has 0 atom stereocenters. The number of alkyl halides is 3. The highest BCUT2D eigenvalue weighted by Crippen LogP contribution is 2.33. The van der Waals surface area contributed by atoms with Crippen molar-refractivity contribution in [1.82, 2.24) is 4.98 Å². The Morgan fingerprint density at radius 3 is 2.56 bits per heavy atom. The molecule has 0 saturated heterocycles. The zero-order valence-electron chi connectivity index (χ0n) is 9.55. The number of halogens is 3. The first kappa shape index (κ1) is 13.9. The van der Waals surface area contributed by atoms with Crippen LogP contribution in [-0.2, 0) is 10.9 Å². The average molecular weight is 261 g/mol. The van der Waals surface area contributed by atoms with Crippen molar-refractivity contribution in [3.8, 4) is 0 Å². The lowest BCUT2D eigenvalue weighted by molar-refractivity contribution is -0.137. The number of carbonyl (C=O) groups is 1. The predicted octanol–water partition coefficient (Wildman–Crippen LogP) is 2.67. The summed E-state index contributed by atoms with van der Waals surface area (Å²) in [6.07, 6.45) is -4.67. The van der Waals surface area contributed by atoms with Crippen molar-refractivity contribution in [3.05, 3.63) is 23.4 Å². The molecular weight excluding hydrogens is 251 g/mol. The highest BCUT2D eigenvalue weighted by atomic mass is 19.4. The minimum Gasteiger partial charge on any atom is -0.453 e. The predicted molar refractivity (Wildman–Crippen MR) is 57.8 cm³/mol. The first-order chi connectivity index (χ1) is 8.25. The number of nitrogens with zero attached hydrogens (tertiary/aromatic N) is 1. The third-order valence-corrected chi connectivity index (χ3v) is 2.03. The van der Waals surface area contributed by atoms with Gasteiger partial charge in [-0.3, -0.25) is 5.32 Å². The van der Waals surface area contributed by atoms with Gasteiger partial charge < -0.3 is 10.1 Å². The number of amides is 1. The molecule has 0 bridgehead atoms.